The minimum atomic E-state index is 0.181. The second-order valence-electron chi connectivity index (χ2n) is 6.73. The lowest BCUT2D eigenvalue weighted by molar-refractivity contribution is 0.0577. The highest BCUT2D eigenvalue weighted by atomic mass is 32.1. The fraction of sp³-hybridized carbons (Fsp3) is 0.588. The van der Waals surface area contributed by atoms with Crippen LogP contribution in [-0.4, -0.2) is 47.6 Å². The van der Waals surface area contributed by atoms with E-state index < -0.39 is 0 Å². The Morgan fingerprint density at radius 2 is 2.25 bits per heavy atom. The Hall–Kier alpha value is -1.73. The lowest BCUT2D eigenvalue weighted by atomic mass is 9.77. The van der Waals surface area contributed by atoms with E-state index in [9.17, 15) is 0 Å². The Bertz CT molecular complexity index is 670. The van der Waals surface area contributed by atoms with Crippen LogP contribution in [0.4, 0.5) is 5.13 Å². The van der Waals surface area contributed by atoms with Crippen LogP contribution in [-0.2, 0) is 4.74 Å². The monoisotopic (exact) mass is 346 g/mol. The van der Waals surface area contributed by atoms with Gasteiger partial charge in [-0.05, 0) is 43.7 Å². The molecule has 4 rings (SSSR count). The molecule has 2 aliphatic rings. The number of aromatic nitrogens is 3. The summed E-state index contributed by atoms with van der Waals surface area (Å²) in [6, 6.07) is 3.82. The molecule has 0 aliphatic carbocycles. The number of hydrogen-bond acceptors (Lipinski definition) is 7. The van der Waals surface area contributed by atoms with Crippen molar-refractivity contribution in [1.29, 1.82) is 0 Å². The van der Waals surface area contributed by atoms with Crippen molar-refractivity contribution >= 4 is 16.5 Å². The van der Waals surface area contributed by atoms with Crippen LogP contribution in [0.3, 0.4) is 0 Å². The maximum absolute atomic E-state index is 6.02. The molecule has 0 unspecified atom stereocenters. The zero-order valence-electron chi connectivity index (χ0n) is 13.9. The molecule has 2 aliphatic heterocycles. The fourth-order valence-corrected chi connectivity index (χ4v) is 4.30. The first-order valence-electron chi connectivity index (χ1n) is 8.42. The lowest BCUT2D eigenvalue weighted by Gasteiger charge is -2.38. The highest BCUT2D eigenvalue weighted by Crippen LogP contribution is 2.43. The van der Waals surface area contributed by atoms with Crippen molar-refractivity contribution in [2.75, 3.05) is 31.2 Å². The van der Waals surface area contributed by atoms with E-state index in [1.807, 2.05) is 19.1 Å². The van der Waals surface area contributed by atoms with Gasteiger partial charge in [-0.2, -0.15) is 0 Å². The predicted octanol–water partition coefficient (Wildman–Crippen LogP) is 2.70. The van der Waals surface area contributed by atoms with E-state index in [4.69, 9.17) is 9.47 Å². The Labute approximate surface area is 145 Å². The van der Waals surface area contributed by atoms with Crippen LogP contribution in [0.2, 0.25) is 0 Å². The van der Waals surface area contributed by atoms with Crippen LogP contribution in [0.25, 0.3) is 0 Å². The highest BCUT2D eigenvalue weighted by molar-refractivity contribution is 7.15. The van der Waals surface area contributed by atoms with Crippen LogP contribution in [0.5, 0.6) is 5.75 Å². The summed E-state index contributed by atoms with van der Waals surface area (Å²) in [6.07, 6.45) is 7.05. The number of hydrogen-bond donors (Lipinski definition) is 0. The Morgan fingerprint density at radius 3 is 2.96 bits per heavy atom. The zero-order chi connectivity index (χ0) is 16.4. The molecule has 0 radical (unpaired) electrons. The summed E-state index contributed by atoms with van der Waals surface area (Å²) in [5.74, 6) is 0.809. The van der Waals surface area contributed by atoms with Gasteiger partial charge >= 0.3 is 0 Å². The summed E-state index contributed by atoms with van der Waals surface area (Å²) in [6.45, 7) is 5.52. The van der Waals surface area contributed by atoms with Crippen LogP contribution >= 0.6 is 11.3 Å². The van der Waals surface area contributed by atoms with E-state index in [0.717, 1.165) is 54.8 Å². The average Bonchev–Trinajstić information content (AvgIpc) is 3.22. The molecule has 0 saturated carbocycles. The van der Waals surface area contributed by atoms with Crippen LogP contribution in [0, 0.1) is 12.3 Å². The van der Waals surface area contributed by atoms with Gasteiger partial charge in [0.2, 0.25) is 5.13 Å². The van der Waals surface area contributed by atoms with Crippen molar-refractivity contribution in [1.82, 2.24) is 15.2 Å². The van der Waals surface area contributed by atoms with Crippen molar-refractivity contribution in [2.45, 2.75) is 32.3 Å². The fourth-order valence-electron chi connectivity index (χ4n) is 3.56. The van der Waals surface area contributed by atoms with Gasteiger partial charge in [0.25, 0.3) is 0 Å². The number of rotatable bonds is 4. The Balaban J connectivity index is 1.29. The molecule has 1 atom stereocenters. The molecule has 2 aromatic heterocycles. The third-order valence-corrected chi connectivity index (χ3v) is 5.87. The summed E-state index contributed by atoms with van der Waals surface area (Å²) in [4.78, 5) is 6.43. The molecule has 128 valence electrons. The molecule has 0 amide bonds. The number of aryl methyl sites for hydroxylation is 1. The maximum atomic E-state index is 6.02. The maximum Gasteiger partial charge on any atom is 0.208 e. The number of ether oxygens (including phenoxy) is 2. The summed E-state index contributed by atoms with van der Waals surface area (Å²) < 4.78 is 11.8. The van der Waals surface area contributed by atoms with Crippen LogP contribution < -0.4 is 9.64 Å². The molecule has 4 heterocycles. The molecule has 0 bridgehead atoms. The minimum absolute atomic E-state index is 0.181. The number of pyridine rings is 1. The van der Waals surface area contributed by atoms with E-state index in [2.05, 4.69) is 20.1 Å². The van der Waals surface area contributed by atoms with E-state index in [1.54, 1.807) is 23.7 Å². The standard InChI is InChI=1S/C17H22N4O2S/c1-13-19-20-16(24-13)21-7-4-17(5-8-21)9-15(23-12-17)11-22-14-3-2-6-18-10-14/h2-3,6,10,15H,4-5,7-9,11-12H2,1H3/t15-/m1/s1. The number of anilines is 1. The molecular weight excluding hydrogens is 324 g/mol. The van der Waals surface area contributed by atoms with Crippen LogP contribution in [0.15, 0.2) is 24.5 Å². The van der Waals surface area contributed by atoms with E-state index in [1.165, 1.54) is 0 Å². The minimum Gasteiger partial charge on any atom is -0.489 e. The van der Waals surface area contributed by atoms with Crippen molar-refractivity contribution in [3.05, 3.63) is 29.5 Å². The lowest BCUT2D eigenvalue weighted by Crippen LogP contribution is -2.40. The second kappa shape index (κ2) is 6.64. The molecule has 2 fully saturated rings. The van der Waals surface area contributed by atoms with Gasteiger partial charge in [0.05, 0.1) is 18.9 Å². The first-order chi connectivity index (χ1) is 11.7. The van der Waals surface area contributed by atoms with Gasteiger partial charge in [0, 0.05) is 19.3 Å². The van der Waals surface area contributed by atoms with Gasteiger partial charge < -0.3 is 14.4 Å². The molecule has 2 saturated heterocycles. The molecule has 0 aromatic carbocycles. The van der Waals surface area contributed by atoms with E-state index in [0.29, 0.717) is 12.0 Å². The Morgan fingerprint density at radius 1 is 1.38 bits per heavy atom. The molecule has 1 spiro atoms. The van der Waals surface area contributed by atoms with Gasteiger partial charge in [0.15, 0.2) is 0 Å². The molecule has 2 aromatic rings. The highest BCUT2D eigenvalue weighted by Gasteiger charge is 2.43. The summed E-state index contributed by atoms with van der Waals surface area (Å²) in [5.41, 5.74) is 0.305. The summed E-state index contributed by atoms with van der Waals surface area (Å²) >= 11 is 1.68. The summed E-state index contributed by atoms with van der Waals surface area (Å²) in [5, 5.41) is 10.5. The van der Waals surface area contributed by atoms with Crippen molar-refractivity contribution < 1.29 is 9.47 Å². The predicted molar refractivity (Wildman–Crippen MR) is 92.6 cm³/mol. The largest absolute Gasteiger partial charge is 0.489 e. The molecule has 0 N–H and O–H groups in total. The zero-order valence-corrected chi connectivity index (χ0v) is 14.7. The van der Waals surface area contributed by atoms with Gasteiger partial charge in [-0.15, -0.1) is 10.2 Å². The molecular formula is C17H22N4O2S. The number of nitrogens with zero attached hydrogens (tertiary/aromatic N) is 4. The first kappa shape index (κ1) is 15.8. The van der Waals surface area contributed by atoms with Crippen molar-refractivity contribution in [3.63, 3.8) is 0 Å². The van der Waals surface area contributed by atoms with Gasteiger partial charge in [0.1, 0.15) is 17.4 Å². The van der Waals surface area contributed by atoms with E-state index >= 15 is 0 Å². The first-order valence-corrected chi connectivity index (χ1v) is 9.24. The normalized spacial score (nSPS) is 22.9. The van der Waals surface area contributed by atoms with Crippen molar-refractivity contribution in [2.24, 2.45) is 5.41 Å². The van der Waals surface area contributed by atoms with Crippen LogP contribution in [0.1, 0.15) is 24.3 Å². The molecule has 7 heteroatoms. The Kier molecular flexibility index (Phi) is 4.37. The van der Waals surface area contributed by atoms with Gasteiger partial charge in [-0.25, -0.2) is 0 Å². The smallest absolute Gasteiger partial charge is 0.208 e. The third kappa shape index (κ3) is 3.37. The summed E-state index contributed by atoms with van der Waals surface area (Å²) in [7, 11) is 0. The van der Waals surface area contributed by atoms with Gasteiger partial charge in [-0.1, -0.05) is 11.3 Å². The third-order valence-electron chi connectivity index (χ3n) is 4.97. The molecule has 24 heavy (non-hydrogen) atoms. The topological polar surface area (TPSA) is 60.4 Å². The quantitative estimate of drug-likeness (QED) is 0.848. The van der Waals surface area contributed by atoms with E-state index in [-0.39, 0.29) is 6.10 Å². The number of piperidine rings is 1. The van der Waals surface area contributed by atoms with Crippen molar-refractivity contribution in [3.8, 4) is 5.75 Å². The second-order valence-corrected chi connectivity index (χ2v) is 7.89. The average molecular weight is 346 g/mol. The molecule has 6 nitrogen and oxygen atoms in total. The SMILES string of the molecule is Cc1nnc(N2CCC3(CC2)CO[C@@H](COc2cccnc2)C3)s1. The van der Waals surface area contributed by atoms with Gasteiger partial charge in [-0.3, -0.25) is 4.98 Å².